The first-order valence-electron chi connectivity index (χ1n) is 8.22. The second-order valence-electron chi connectivity index (χ2n) is 6.08. The Labute approximate surface area is 158 Å². The minimum absolute atomic E-state index is 0.244. The van der Waals surface area contributed by atoms with Gasteiger partial charge in [-0.2, -0.15) is 0 Å². The number of esters is 1. The van der Waals surface area contributed by atoms with Gasteiger partial charge in [-0.1, -0.05) is 41.4 Å². The first-order valence-corrected chi connectivity index (χ1v) is 8.60. The third-order valence-corrected chi connectivity index (χ3v) is 3.92. The number of benzene rings is 2. The molecule has 0 heterocycles. The van der Waals surface area contributed by atoms with Crippen LogP contribution in [0.15, 0.2) is 36.4 Å². The molecule has 2 aromatic rings. The molecule has 0 bridgehead atoms. The summed E-state index contributed by atoms with van der Waals surface area (Å²) in [6.45, 7) is 5.56. The van der Waals surface area contributed by atoms with E-state index in [9.17, 15) is 9.59 Å². The molecule has 0 fully saturated rings. The van der Waals surface area contributed by atoms with Crippen LogP contribution < -0.4 is 10.1 Å². The van der Waals surface area contributed by atoms with Gasteiger partial charge in [0.2, 0.25) is 0 Å². The van der Waals surface area contributed by atoms with Gasteiger partial charge >= 0.3 is 5.97 Å². The van der Waals surface area contributed by atoms with Gasteiger partial charge in [0.1, 0.15) is 5.75 Å². The second kappa shape index (κ2) is 9.25. The van der Waals surface area contributed by atoms with E-state index in [-0.39, 0.29) is 19.1 Å². The van der Waals surface area contributed by atoms with Crippen LogP contribution in [0.3, 0.4) is 0 Å². The van der Waals surface area contributed by atoms with Crippen LogP contribution in [0.1, 0.15) is 22.3 Å². The van der Waals surface area contributed by atoms with Gasteiger partial charge in [-0.3, -0.25) is 4.79 Å². The average molecular weight is 376 g/mol. The van der Waals surface area contributed by atoms with E-state index in [0.717, 1.165) is 22.3 Å². The van der Waals surface area contributed by atoms with Gasteiger partial charge < -0.3 is 14.8 Å². The molecule has 2 rings (SSSR count). The smallest absolute Gasteiger partial charge is 0.344 e. The Bertz CT molecular complexity index is 781. The van der Waals surface area contributed by atoms with Gasteiger partial charge in [0, 0.05) is 11.6 Å². The number of aryl methyl sites for hydroxylation is 3. The van der Waals surface area contributed by atoms with Crippen LogP contribution in [0, 0.1) is 20.8 Å². The third-order valence-electron chi connectivity index (χ3n) is 3.68. The third kappa shape index (κ3) is 6.08. The first-order chi connectivity index (χ1) is 12.3. The Morgan fingerprint density at radius 3 is 2.38 bits per heavy atom. The van der Waals surface area contributed by atoms with Crippen molar-refractivity contribution in [2.24, 2.45) is 0 Å². The SMILES string of the molecule is Cc1cc(C)c(OCC(=O)OCC(=O)NCc2cccc(Cl)c2)c(C)c1. The zero-order chi connectivity index (χ0) is 19.1. The standard InChI is InChI=1S/C20H22ClNO4/c1-13-7-14(2)20(15(3)8-13)26-12-19(24)25-11-18(23)22-10-16-5-4-6-17(21)9-16/h4-9H,10-12H2,1-3H3,(H,22,23). The lowest BCUT2D eigenvalue weighted by atomic mass is 10.1. The van der Waals surface area contributed by atoms with Gasteiger partial charge in [-0.15, -0.1) is 0 Å². The lowest BCUT2D eigenvalue weighted by Gasteiger charge is -2.12. The Hall–Kier alpha value is -2.53. The molecule has 0 spiro atoms. The molecule has 5 nitrogen and oxygen atoms in total. The Morgan fingerprint density at radius 1 is 1.04 bits per heavy atom. The fourth-order valence-electron chi connectivity index (χ4n) is 2.61. The summed E-state index contributed by atoms with van der Waals surface area (Å²) >= 11 is 5.88. The molecule has 0 aromatic heterocycles. The molecule has 0 unspecified atom stereocenters. The molecule has 0 radical (unpaired) electrons. The predicted molar refractivity (Wildman–Crippen MR) is 100 cm³/mol. The van der Waals surface area contributed by atoms with Crippen molar-refractivity contribution in [3.05, 3.63) is 63.7 Å². The lowest BCUT2D eigenvalue weighted by Crippen LogP contribution is -2.29. The second-order valence-corrected chi connectivity index (χ2v) is 6.52. The number of carbonyl (C=O) groups excluding carboxylic acids is 2. The van der Waals surface area contributed by atoms with Crippen LogP contribution in [0.5, 0.6) is 5.75 Å². The van der Waals surface area contributed by atoms with Crippen LogP contribution >= 0.6 is 11.6 Å². The zero-order valence-electron chi connectivity index (χ0n) is 15.1. The van der Waals surface area contributed by atoms with Crippen molar-refractivity contribution in [2.45, 2.75) is 27.3 Å². The molecule has 0 saturated carbocycles. The largest absolute Gasteiger partial charge is 0.481 e. The molecule has 0 aliphatic rings. The normalized spacial score (nSPS) is 10.3. The molecule has 1 N–H and O–H groups in total. The van der Waals surface area contributed by atoms with Crippen LogP contribution in [-0.2, 0) is 20.9 Å². The highest BCUT2D eigenvalue weighted by Gasteiger charge is 2.11. The Morgan fingerprint density at radius 2 is 1.73 bits per heavy atom. The summed E-state index contributed by atoms with van der Waals surface area (Å²) in [6, 6.07) is 11.1. The maximum Gasteiger partial charge on any atom is 0.344 e. The zero-order valence-corrected chi connectivity index (χ0v) is 15.9. The lowest BCUT2D eigenvalue weighted by molar-refractivity contribution is -0.150. The van der Waals surface area contributed by atoms with E-state index in [1.807, 2.05) is 39.0 Å². The van der Waals surface area contributed by atoms with E-state index in [2.05, 4.69) is 5.32 Å². The first kappa shape index (κ1) is 19.8. The number of amides is 1. The van der Waals surface area contributed by atoms with E-state index < -0.39 is 5.97 Å². The molecule has 0 aliphatic carbocycles. The van der Waals surface area contributed by atoms with Crippen LogP contribution in [0.4, 0.5) is 0 Å². The summed E-state index contributed by atoms with van der Waals surface area (Å²) in [4.78, 5) is 23.5. The molecular weight excluding hydrogens is 354 g/mol. The number of rotatable bonds is 7. The van der Waals surface area contributed by atoms with E-state index in [1.54, 1.807) is 18.2 Å². The molecule has 26 heavy (non-hydrogen) atoms. The fourth-order valence-corrected chi connectivity index (χ4v) is 2.82. The average Bonchev–Trinajstić information content (AvgIpc) is 2.57. The van der Waals surface area contributed by atoms with E-state index in [0.29, 0.717) is 17.3 Å². The van der Waals surface area contributed by atoms with Crippen molar-refractivity contribution in [3.63, 3.8) is 0 Å². The molecular formula is C20H22ClNO4. The predicted octanol–water partition coefficient (Wildman–Crippen LogP) is 3.50. The number of ether oxygens (including phenoxy) is 2. The molecule has 6 heteroatoms. The topological polar surface area (TPSA) is 64.6 Å². The van der Waals surface area contributed by atoms with Crippen molar-refractivity contribution < 1.29 is 19.1 Å². The summed E-state index contributed by atoms with van der Waals surface area (Å²) in [7, 11) is 0. The molecule has 0 saturated heterocycles. The van der Waals surface area contributed by atoms with Gasteiger partial charge in [0.25, 0.3) is 5.91 Å². The maximum absolute atomic E-state index is 11.8. The molecule has 1 amide bonds. The number of hydrogen-bond donors (Lipinski definition) is 1. The minimum atomic E-state index is -0.595. The van der Waals surface area contributed by atoms with Crippen LogP contribution in [0.25, 0.3) is 0 Å². The van der Waals surface area contributed by atoms with Crippen LogP contribution in [-0.4, -0.2) is 25.1 Å². The van der Waals surface area contributed by atoms with Crippen molar-refractivity contribution in [2.75, 3.05) is 13.2 Å². The molecule has 0 aliphatic heterocycles. The summed E-state index contributed by atoms with van der Waals surface area (Å²) in [5.41, 5.74) is 3.90. The van der Waals surface area contributed by atoms with E-state index >= 15 is 0 Å². The monoisotopic (exact) mass is 375 g/mol. The van der Waals surface area contributed by atoms with Gasteiger partial charge in [0.15, 0.2) is 13.2 Å². The van der Waals surface area contributed by atoms with Gasteiger partial charge in [0.05, 0.1) is 0 Å². The summed E-state index contributed by atoms with van der Waals surface area (Å²) in [6.07, 6.45) is 0. The highest BCUT2D eigenvalue weighted by atomic mass is 35.5. The van der Waals surface area contributed by atoms with Gasteiger partial charge in [-0.25, -0.2) is 4.79 Å². The minimum Gasteiger partial charge on any atom is -0.481 e. The molecule has 2 aromatic carbocycles. The Kier molecular flexibility index (Phi) is 7.04. The van der Waals surface area contributed by atoms with Crippen LogP contribution in [0.2, 0.25) is 5.02 Å². The number of carbonyl (C=O) groups is 2. The van der Waals surface area contributed by atoms with Crippen molar-refractivity contribution in [1.29, 1.82) is 0 Å². The highest BCUT2D eigenvalue weighted by molar-refractivity contribution is 6.30. The maximum atomic E-state index is 11.8. The summed E-state index contributed by atoms with van der Waals surface area (Å²) in [5.74, 6) is -0.318. The van der Waals surface area contributed by atoms with Gasteiger partial charge in [-0.05, 0) is 49.6 Å². The number of nitrogens with one attached hydrogen (secondary N) is 1. The molecule has 138 valence electrons. The highest BCUT2D eigenvalue weighted by Crippen LogP contribution is 2.24. The Balaban J connectivity index is 1.74. The van der Waals surface area contributed by atoms with E-state index in [4.69, 9.17) is 21.1 Å². The van der Waals surface area contributed by atoms with E-state index in [1.165, 1.54) is 0 Å². The van der Waals surface area contributed by atoms with Crippen molar-refractivity contribution >= 4 is 23.5 Å². The molecule has 0 atom stereocenters. The number of halogens is 1. The fraction of sp³-hybridized carbons (Fsp3) is 0.300. The van der Waals surface area contributed by atoms with Crippen molar-refractivity contribution in [1.82, 2.24) is 5.32 Å². The van der Waals surface area contributed by atoms with Crippen molar-refractivity contribution in [3.8, 4) is 5.75 Å². The summed E-state index contributed by atoms with van der Waals surface area (Å²) in [5, 5.41) is 3.26. The number of hydrogen-bond acceptors (Lipinski definition) is 4. The quantitative estimate of drug-likeness (QED) is 0.752. The summed E-state index contributed by atoms with van der Waals surface area (Å²) < 4.78 is 10.5.